The number of benzene rings is 1. The van der Waals surface area contributed by atoms with Crippen LogP contribution in [-0.2, 0) is 40.0 Å². The van der Waals surface area contributed by atoms with Crippen molar-refractivity contribution in [2.24, 2.45) is 5.73 Å². The number of hydrogen-bond donors (Lipinski definition) is 11. The summed E-state index contributed by atoms with van der Waals surface area (Å²) in [6, 6.07) is 0.513. The normalized spacial score (nSPS) is 15.5. The molecule has 18 heteroatoms. The first-order valence-electron chi connectivity index (χ1n) is 13.8. The van der Waals surface area contributed by atoms with Crippen molar-refractivity contribution in [2.75, 3.05) is 13.2 Å². The maximum Gasteiger partial charge on any atom is 0.328 e. The molecule has 1 aromatic rings. The van der Waals surface area contributed by atoms with Gasteiger partial charge in [0.05, 0.1) is 31.4 Å². The van der Waals surface area contributed by atoms with Gasteiger partial charge in [-0.2, -0.15) is 0 Å². The summed E-state index contributed by atoms with van der Waals surface area (Å²) < 4.78 is 0. The van der Waals surface area contributed by atoms with Crippen LogP contribution in [0.25, 0.3) is 0 Å². The smallest absolute Gasteiger partial charge is 0.328 e. The van der Waals surface area contributed by atoms with Crippen LogP contribution in [0.2, 0.25) is 0 Å². The van der Waals surface area contributed by atoms with E-state index in [1.54, 1.807) is 30.3 Å². The van der Waals surface area contributed by atoms with Gasteiger partial charge in [-0.15, -0.1) is 0 Å². The molecular weight excluding hydrogens is 600 g/mol. The molecule has 12 N–H and O–H groups in total. The summed E-state index contributed by atoms with van der Waals surface area (Å²) in [6.07, 6.45) is -3.79. The molecule has 0 aliphatic rings. The summed E-state index contributed by atoms with van der Waals surface area (Å²) in [5.74, 6) is -7.66. The lowest BCUT2D eigenvalue weighted by atomic mass is 10.0. The molecule has 0 aromatic heterocycles. The topological polar surface area (TPSA) is 307 Å². The fourth-order valence-electron chi connectivity index (χ4n) is 3.76. The molecular formula is C27H40N6O12. The van der Waals surface area contributed by atoms with Crippen LogP contribution < -0.4 is 32.3 Å². The number of hydrogen-bond acceptors (Lipinski definition) is 11. The van der Waals surface area contributed by atoms with E-state index in [1.165, 1.54) is 6.92 Å². The quantitative estimate of drug-likeness (QED) is 0.0678. The highest BCUT2D eigenvalue weighted by Crippen LogP contribution is 2.07. The average molecular weight is 641 g/mol. The Labute approximate surface area is 257 Å². The maximum atomic E-state index is 13.3. The van der Waals surface area contributed by atoms with Gasteiger partial charge in [0, 0.05) is 12.8 Å². The molecule has 1 rings (SSSR count). The third kappa shape index (κ3) is 13.7. The Morgan fingerprint density at radius 2 is 1.29 bits per heavy atom. The summed E-state index contributed by atoms with van der Waals surface area (Å²) in [4.78, 5) is 85.5. The molecule has 0 heterocycles. The molecule has 0 bridgehead atoms. The van der Waals surface area contributed by atoms with E-state index < -0.39 is 97.0 Å². The molecule has 0 spiro atoms. The van der Waals surface area contributed by atoms with Crippen molar-refractivity contribution < 1.29 is 59.1 Å². The van der Waals surface area contributed by atoms with Crippen molar-refractivity contribution in [2.45, 2.75) is 75.5 Å². The predicted molar refractivity (Wildman–Crippen MR) is 154 cm³/mol. The van der Waals surface area contributed by atoms with Crippen molar-refractivity contribution in [3.63, 3.8) is 0 Å². The van der Waals surface area contributed by atoms with E-state index in [0.717, 1.165) is 6.92 Å². The summed E-state index contributed by atoms with van der Waals surface area (Å²) >= 11 is 0. The van der Waals surface area contributed by atoms with Gasteiger partial charge >= 0.3 is 11.9 Å². The molecule has 0 aliphatic heterocycles. The number of carboxylic acid groups (broad SMARTS) is 2. The molecule has 18 nitrogen and oxygen atoms in total. The molecule has 0 aliphatic carbocycles. The van der Waals surface area contributed by atoms with Crippen LogP contribution in [0.5, 0.6) is 0 Å². The second-order valence-corrected chi connectivity index (χ2v) is 10.1. The Morgan fingerprint density at radius 3 is 1.78 bits per heavy atom. The van der Waals surface area contributed by atoms with Crippen LogP contribution in [0.1, 0.15) is 32.3 Å². The van der Waals surface area contributed by atoms with Gasteiger partial charge in [0.1, 0.15) is 24.2 Å². The lowest BCUT2D eigenvalue weighted by molar-refractivity contribution is -0.144. The van der Waals surface area contributed by atoms with Gasteiger partial charge in [-0.05, 0) is 25.8 Å². The molecule has 0 radical (unpaired) electrons. The maximum absolute atomic E-state index is 13.3. The Bertz CT molecular complexity index is 1200. The Kier molecular flexibility index (Phi) is 16.1. The monoisotopic (exact) mass is 640 g/mol. The summed E-state index contributed by atoms with van der Waals surface area (Å²) in [5.41, 5.74) is 6.13. The lowest BCUT2D eigenvalue weighted by Gasteiger charge is -2.27. The number of nitrogens with one attached hydrogen (secondary N) is 5. The minimum atomic E-state index is -1.73. The first-order valence-corrected chi connectivity index (χ1v) is 13.8. The van der Waals surface area contributed by atoms with Crippen molar-refractivity contribution in [1.29, 1.82) is 0 Å². The Morgan fingerprint density at radius 1 is 0.756 bits per heavy atom. The zero-order valence-corrected chi connectivity index (χ0v) is 24.6. The average Bonchev–Trinajstić information content (AvgIpc) is 2.97. The van der Waals surface area contributed by atoms with E-state index in [2.05, 4.69) is 21.3 Å². The fraction of sp³-hybridized carbons (Fsp3) is 0.519. The molecule has 0 unspecified atom stereocenters. The van der Waals surface area contributed by atoms with Gasteiger partial charge in [-0.25, -0.2) is 4.79 Å². The number of rotatable bonds is 19. The van der Waals surface area contributed by atoms with E-state index in [4.69, 9.17) is 15.9 Å². The SMILES string of the molecule is C[C@@H](O)[C@H](NC(=O)CNC(=O)[C@@H](N)CCC(=O)O)C(=O)N[C@@H](Cc1ccccc1)C(=O)N[C@H](C(=O)N[C@@H](CO)C(=O)O)[C@@H](C)O. The van der Waals surface area contributed by atoms with Gasteiger partial charge in [-0.3, -0.25) is 28.8 Å². The summed E-state index contributed by atoms with van der Waals surface area (Å²) in [5, 5.41) is 58.3. The first kappa shape index (κ1) is 38.4. The minimum Gasteiger partial charge on any atom is -0.481 e. The number of carbonyl (C=O) groups is 7. The summed E-state index contributed by atoms with van der Waals surface area (Å²) in [7, 11) is 0. The minimum absolute atomic E-state index is 0.161. The Balaban J connectivity index is 3.07. The molecule has 0 saturated heterocycles. The van der Waals surface area contributed by atoms with Crippen molar-refractivity contribution in [1.82, 2.24) is 26.6 Å². The van der Waals surface area contributed by atoms with Crippen LogP contribution >= 0.6 is 0 Å². The Hall–Kier alpha value is -4.65. The van der Waals surface area contributed by atoms with Crippen LogP contribution in [0.4, 0.5) is 0 Å². The highest BCUT2D eigenvalue weighted by Gasteiger charge is 2.34. The molecule has 45 heavy (non-hydrogen) atoms. The van der Waals surface area contributed by atoms with Gasteiger partial charge < -0.3 is 57.9 Å². The van der Waals surface area contributed by atoms with Crippen molar-refractivity contribution >= 4 is 41.5 Å². The number of aliphatic hydroxyl groups excluding tert-OH is 3. The largest absolute Gasteiger partial charge is 0.481 e. The predicted octanol–water partition coefficient (Wildman–Crippen LogP) is -4.68. The van der Waals surface area contributed by atoms with Gasteiger partial charge in [-0.1, -0.05) is 30.3 Å². The van der Waals surface area contributed by atoms with Crippen molar-refractivity contribution in [3.8, 4) is 0 Å². The van der Waals surface area contributed by atoms with E-state index in [0.29, 0.717) is 5.56 Å². The van der Waals surface area contributed by atoms with Gasteiger partial charge in [0.2, 0.25) is 29.5 Å². The van der Waals surface area contributed by atoms with E-state index >= 15 is 0 Å². The van der Waals surface area contributed by atoms with Crippen LogP contribution in [0.15, 0.2) is 30.3 Å². The zero-order chi connectivity index (χ0) is 34.3. The fourth-order valence-corrected chi connectivity index (χ4v) is 3.76. The third-order valence-corrected chi connectivity index (χ3v) is 6.29. The molecule has 0 fully saturated rings. The van der Waals surface area contributed by atoms with E-state index in [9.17, 15) is 48.9 Å². The lowest BCUT2D eigenvalue weighted by Crippen LogP contribution is -2.62. The van der Waals surface area contributed by atoms with Gasteiger partial charge in [0.15, 0.2) is 0 Å². The molecule has 250 valence electrons. The molecule has 0 saturated carbocycles. The number of amides is 5. The molecule has 5 amide bonds. The van der Waals surface area contributed by atoms with Gasteiger partial charge in [0.25, 0.3) is 0 Å². The zero-order valence-electron chi connectivity index (χ0n) is 24.6. The summed E-state index contributed by atoms with van der Waals surface area (Å²) in [6.45, 7) is 0.661. The first-order chi connectivity index (χ1) is 21.1. The molecule has 1 aromatic carbocycles. The van der Waals surface area contributed by atoms with E-state index in [-0.39, 0.29) is 19.3 Å². The number of nitrogens with two attached hydrogens (primary N) is 1. The second-order valence-electron chi connectivity index (χ2n) is 10.1. The third-order valence-electron chi connectivity index (χ3n) is 6.29. The number of carboxylic acids is 2. The second kappa shape index (κ2) is 18.9. The molecule has 7 atom stereocenters. The number of aliphatic carboxylic acids is 2. The van der Waals surface area contributed by atoms with Crippen LogP contribution in [0.3, 0.4) is 0 Å². The van der Waals surface area contributed by atoms with E-state index in [1.807, 2.05) is 5.32 Å². The number of aliphatic hydroxyl groups is 3. The standard InChI is InChI=1S/C27H40N6O12/c1-13(35)21(32-19(37)11-29-23(40)16(28)8-9-20(38)39)25(42)30-17(10-15-6-4-3-5-7-15)24(41)33-22(14(2)36)26(43)31-18(12-34)27(44)45/h3-7,13-14,16-18,21-22,34-36H,8-12,28H2,1-2H3,(H,29,40)(H,30,42)(H,31,43)(H,32,37)(H,33,41)(H,38,39)(H,44,45)/t13-,14-,16+,17+,18+,21+,22+/m1/s1. The van der Waals surface area contributed by atoms with Crippen LogP contribution in [-0.4, -0.2) is 123 Å². The highest BCUT2D eigenvalue weighted by atomic mass is 16.4. The number of carbonyl (C=O) groups excluding carboxylic acids is 5. The van der Waals surface area contributed by atoms with Crippen LogP contribution in [0, 0.1) is 0 Å². The van der Waals surface area contributed by atoms with Crippen molar-refractivity contribution in [3.05, 3.63) is 35.9 Å². The highest BCUT2D eigenvalue weighted by molar-refractivity contribution is 5.96.